The molecule has 23 heavy (non-hydrogen) atoms. The first-order chi connectivity index (χ1) is 11.3. The number of nitrogens with zero attached hydrogens (tertiary/aromatic N) is 1. The molecule has 0 radical (unpaired) electrons. The Morgan fingerprint density at radius 1 is 1.17 bits per heavy atom. The van der Waals surface area contributed by atoms with Gasteiger partial charge in [0.25, 0.3) is 0 Å². The number of thiophene rings is 2. The summed E-state index contributed by atoms with van der Waals surface area (Å²) >= 11 is 3.25. The number of rotatable bonds is 4. The molecular formula is C17H20N2O2S2. The van der Waals surface area contributed by atoms with Gasteiger partial charge < -0.3 is 10.1 Å². The van der Waals surface area contributed by atoms with Gasteiger partial charge in [0.15, 0.2) is 0 Å². The number of hydrogen-bond donors (Lipinski definition) is 1. The molecule has 1 amide bonds. The first kappa shape index (κ1) is 15.2. The van der Waals surface area contributed by atoms with Gasteiger partial charge in [0.1, 0.15) is 6.10 Å². The maximum atomic E-state index is 12.8. The number of carbonyl (C=O) groups excluding carboxylic acids is 1. The largest absolute Gasteiger partial charge is 0.446 e. The summed E-state index contributed by atoms with van der Waals surface area (Å²) in [7, 11) is 0. The molecule has 0 spiro atoms. The number of hydrogen-bond acceptors (Lipinski definition) is 5. The predicted molar refractivity (Wildman–Crippen MR) is 94.3 cm³/mol. The molecule has 6 heteroatoms. The van der Waals surface area contributed by atoms with Crippen molar-refractivity contribution in [3.8, 4) is 0 Å². The van der Waals surface area contributed by atoms with E-state index < -0.39 is 0 Å². The number of fused-ring (bicyclic) bond motifs is 2. The zero-order valence-electron chi connectivity index (χ0n) is 12.8. The standard InChI is InChI=1S/C17H20N2O2S2/c20-17(21-16-7-13-1-2-14(8-16)18-13)19(15-4-6-23-11-15)9-12-3-5-22-10-12/h3-6,10-11,13-14,16,18H,1-2,7-9H2/t13-,14+,16?. The lowest BCUT2D eigenvalue weighted by Crippen LogP contribution is -2.44. The minimum atomic E-state index is -0.221. The molecule has 2 aromatic rings. The molecule has 0 aromatic carbocycles. The van der Waals surface area contributed by atoms with Crippen LogP contribution in [0.25, 0.3) is 0 Å². The quantitative estimate of drug-likeness (QED) is 0.899. The van der Waals surface area contributed by atoms with Crippen LogP contribution in [0, 0.1) is 0 Å². The second kappa shape index (κ2) is 6.63. The third-order valence-electron chi connectivity index (χ3n) is 4.66. The summed E-state index contributed by atoms with van der Waals surface area (Å²) in [6.07, 6.45) is 4.13. The van der Waals surface area contributed by atoms with Gasteiger partial charge in [-0.3, -0.25) is 4.90 Å². The second-order valence-electron chi connectivity index (χ2n) is 6.31. The lowest BCUT2D eigenvalue weighted by molar-refractivity contribution is 0.0719. The van der Waals surface area contributed by atoms with Crippen LogP contribution in [0.3, 0.4) is 0 Å². The van der Waals surface area contributed by atoms with Gasteiger partial charge in [0.2, 0.25) is 0 Å². The van der Waals surface area contributed by atoms with E-state index in [0.717, 1.165) is 24.1 Å². The van der Waals surface area contributed by atoms with Crippen molar-refractivity contribution in [1.82, 2.24) is 5.32 Å². The monoisotopic (exact) mass is 348 g/mol. The van der Waals surface area contributed by atoms with Gasteiger partial charge >= 0.3 is 6.09 Å². The predicted octanol–water partition coefficient (Wildman–Crippen LogP) is 4.24. The van der Waals surface area contributed by atoms with Gasteiger partial charge in [-0.05, 0) is 59.5 Å². The summed E-state index contributed by atoms with van der Waals surface area (Å²) in [6, 6.07) is 5.09. The van der Waals surface area contributed by atoms with E-state index in [-0.39, 0.29) is 12.2 Å². The molecule has 3 atom stereocenters. The lowest BCUT2D eigenvalue weighted by atomic mass is 10.0. The second-order valence-corrected chi connectivity index (χ2v) is 7.87. The van der Waals surface area contributed by atoms with E-state index in [1.165, 1.54) is 12.8 Å². The highest BCUT2D eigenvalue weighted by atomic mass is 32.1. The van der Waals surface area contributed by atoms with Crippen molar-refractivity contribution in [3.05, 3.63) is 39.2 Å². The molecule has 0 saturated carbocycles. The lowest BCUT2D eigenvalue weighted by Gasteiger charge is -2.31. The van der Waals surface area contributed by atoms with E-state index in [1.54, 1.807) is 27.6 Å². The van der Waals surface area contributed by atoms with Crippen LogP contribution in [0.2, 0.25) is 0 Å². The van der Waals surface area contributed by atoms with Crippen LogP contribution in [-0.4, -0.2) is 24.3 Å². The van der Waals surface area contributed by atoms with Crippen molar-refractivity contribution in [1.29, 1.82) is 0 Å². The van der Waals surface area contributed by atoms with Crippen molar-refractivity contribution in [3.63, 3.8) is 0 Å². The molecular weight excluding hydrogens is 328 g/mol. The number of anilines is 1. The molecule has 1 N–H and O–H groups in total. The molecule has 2 aliphatic rings. The SMILES string of the molecule is O=C(OC1C[C@H]2CC[C@@H](C1)N2)N(Cc1ccsc1)c1ccsc1. The molecule has 2 aliphatic heterocycles. The van der Waals surface area contributed by atoms with Crippen molar-refractivity contribution in [2.24, 2.45) is 0 Å². The van der Waals surface area contributed by atoms with Crippen molar-refractivity contribution >= 4 is 34.5 Å². The van der Waals surface area contributed by atoms with Crippen LogP contribution in [-0.2, 0) is 11.3 Å². The van der Waals surface area contributed by atoms with Crippen LogP contribution >= 0.6 is 22.7 Å². The molecule has 4 rings (SSSR count). The van der Waals surface area contributed by atoms with Gasteiger partial charge in [0, 0.05) is 17.5 Å². The molecule has 2 bridgehead atoms. The molecule has 2 saturated heterocycles. The van der Waals surface area contributed by atoms with Crippen LogP contribution in [0.15, 0.2) is 33.7 Å². The highest BCUT2D eigenvalue weighted by molar-refractivity contribution is 7.08. The summed E-state index contributed by atoms with van der Waals surface area (Å²) in [5, 5.41) is 11.7. The highest BCUT2D eigenvalue weighted by Crippen LogP contribution is 2.30. The maximum absolute atomic E-state index is 12.8. The topological polar surface area (TPSA) is 41.6 Å². The summed E-state index contributed by atoms with van der Waals surface area (Å²) in [5.74, 6) is 0. The third-order valence-corrected chi connectivity index (χ3v) is 6.06. The van der Waals surface area contributed by atoms with E-state index in [1.807, 2.05) is 22.2 Å². The Morgan fingerprint density at radius 2 is 1.91 bits per heavy atom. The number of piperidine rings is 1. The van der Waals surface area contributed by atoms with Crippen molar-refractivity contribution < 1.29 is 9.53 Å². The average Bonchev–Trinajstić information content (AvgIpc) is 3.27. The Bertz CT molecular complexity index is 630. The summed E-state index contributed by atoms with van der Waals surface area (Å²) in [5.41, 5.74) is 2.06. The van der Waals surface area contributed by atoms with Gasteiger partial charge in [-0.2, -0.15) is 22.7 Å². The Morgan fingerprint density at radius 3 is 2.57 bits per heavy atom. The van der Waals surface area contributed by atoms with Gasteiger partial charge in [-0.1, -0.05) is 0 Å². The van der Waals surface area contributed by atoms with Crippen LogP contribution in [0.1, 0.15) is 31.2 Å². The van der Waals surface area contributed by atoms with Crippen molar-refractivity contribution in [2.45, 2.75) is 50.4 Å². The van der Waals surface area contributed by atoms with E-state index in [0.29, 0.717) is 18.6 Å². The summed E-state index contributed by atoms with van der Waals surface area (Å²) in [6.45, 7) is 0.566. The maximum Gasteiger partial charge on any atom is 0.414 e. The van der Waals surface area contributed by atoms with Crippen LogP contribution in [0.5, 0.6) is 0 Å². The first-order valence-electron chi connectivity index (χ1n) is 8.05. The van der Waals surface area contributed by atoms with Gasteiger partial charge in [0.05, 0.1) is 12.2 Å². The zero-order chi connectivity index (χ0) is 15.6. The Balaban J connectivity index is 1.46. The summed E-state index contributed by atoms with van der Waals surface area (Å²) < 4.78 is 5.86. The number of amides is 1. The van der Waals surface area contributed by atoms with E-state index in [4.69, 9.17) is 4.74 Å². The summed E-state index contributed by atoms with van der Waals surface area (Å²) in [4.78, 5) is 14.5. The third kappa shape index (κ3) is 3.44. The van der Waals surface area contributed by atoms with E-state index >= 15 is 0 Å². The molecule has 4 heterocycles. The fraction of sp³-hybridized carbons (Fsp3) is 0.471. The molecule has 2 aromatic heterocycles. The number of nitrogens with one attached hydrogen (secondary N) is 1. The highest BCUT2D eigenvalue weighted by Gasteiger charge is 2.36. The number of ether oxygens (including phenoxy) is 1. The zero-order valence-corrected chi connectivity index (χ0v) is 14.4. The average molecular weight is 348 g/mol. The molecule has 2 fully saturated rings. The molecule has 0 aliphatic carbocycles. The van der Waals surface area contributed by atoms with E-state index in [9.17, 15) is 4.79 Å². The number of carbonyl (C=O) groups is 1. The molecule has 4 nitrogen and oxygen atoms in total. The van der Waals surface area contributed by atoms with Crippen LogP contribution < -0.4 is 10.2 Å². The fourth-order valence-electron chi connectivity index (χ4n) is 3.54. The minimum absolute atomic E-state index is 0.0462. The smallest absolute Gasteiger partial charge is 0.414 e. The Kier molecular flexibility index (Phi) is 4.37. The first-order valence-corrected chi connectivity index (χ1v) is 9.94. The Labute approximate surface area is 144 Å². The normalized spacial score (nSPS) is 26.2. The van der Waals surface area contributed by atoms with Crippen LogP contribution in [0.4, 0.5) is 10.5 Å². The van der Waals surface area contributed by atoms with E-state index in [2.05, 4.69) is 16.8 Å². The van der Waals surface area contributed by atoms with Gasteiger partial charge in [-0.15, -0.1) is 0 Å². The Hall–Kier alpha value is -1.37. The van der Waals surface area contributed by atoms with Crippen molar-refractivity contribution in [2.75, 3.05) is 4.90 Å². The van der Waals surface area contributed by atoms with Gasteiger partial charge in [-0.25, -0.2) is 4.79 Å². The fourth-order valence-corrected chi connectivity index (χ4v) is 4.85. The minimum Gasteiger partial charge on any atom is -0.446 e. The molecule has 122 valence electrons. The molecule has 1 unspecified atom stereocenters.